The molecule has 4 heteroatoms. The third kappa shape index (κ3) is 4.75. The van der Waals surface area contributed by atoms with Gasteiger partial charge in [0.25, 0.3) is 0 Å². The summed E-state index contributed by atoms with van der Waals surface area (Å²) in [7, 11) is 1.80. The summed E-state index contributed by atoms with van der Waals surface area (Å²) in [6.45, 7) is 7.49. The van der Waals surface area contributed by atoms with Crippen LogP contribution in [0.3, 0.4) is 0 Å². The number of urea groups is 1. The first-order valence-electron chi connectivity index (χ1n) is 6.13. The lowest BCUT2D eigenvalue weighted by atomic mass is 9.96. The Hall–Kier alpha value is -1.55. The molecule has 0 aliphatic heterocycles. The van der Waals surface area contributed by atoms with Crippen molar-refractivity contribution in [2.45, 2.75) is 27.3 Å². The van der Waals surface area contributed by atoms with E-state index < -0.39 is 0 Å². The van der Waals surface area contributed by atoms with Crippen LogP contribution < -0.4 is 11.1 Å². The average molecular weight is 249 g/mol. The Labute approximate surface area is 109 Å². The molecule has 1 rings (SSSR count). The van der Waals surface area contributed by atoms with E-state index in [0.29, 0.717) is 13.1 Å². The van der Waals surface area contributed by atoms with Gasteiger partial charge in [0.05, 0.1) is 0 Å². The van der Waals surface area contributed by atoms with Gasteiger partial charge in [0.2, 0.25) is 0 Å². The third-order valence-corrected chi connectivity index (χ3v) is 2.47. The zero-order valence-corrected chi connectivity index (χ0v) is 11.7. The zero-order chi connectivity index (χ0) is 13.8. The summed E-state index contributed by atoms with van der Waals surface area (Å²) in [5.74, 6) is 0. The van der Waals surface area contributed by atoms with Crippen LogP contribution in [0.4, 0.5) is 10.5 Å². The lowest BCUT2D eigenvalue weighted by Gasteiger charge is -2.26. The van der Waals surface area contributed by atoms with Crippen molar-refractivity contribution in [1.29, 1.82) is 0 Å². The van der Waals surface area contributed by atoms with Crippen molar-refractivity contribution >= 4 is 11.7 Å². The maximum Gasteiger partial charge on any atom is 0.321 e. The van der Waals surface area contributed by atoms with Crippen LogP contribution in [0.1, 0.15) is 26.3 Å². The Balaban J connectivity index is 2.63. The number of nitrogens with two attached hydrogens (primary N) is 1. The first kappa shape index (κ1) is 14.5. The minimum atomic E-state index is -0.0981. The van der Waals surface area contributed by atoms with Crippen LogP contribution in [0.5, 0.6) is 0 Å². The molecule has 0 aliphatic carbocycles. The number of carbonyl (C=O) groups excluding carboxylic acids is 1. The molecule has 0 aliphatic rings. The molecule has 0 aromatic heterocycles. The summed E-state index contributed by atoms with van der Waals surface area (Å²) in [5, 5.41) is 2.87. The van der Waals surface area contributed by atoms with Gasteiger partial charge in [0.1, 0.15) is 0 Å². The Morgan fingerprint density at radius 2 is 2.06 bits per heavy atom. The first-order chi connectivity index (χ1) is 8.31. The van der Waals surface area contributed by atoms with E-state index in [1.54, 1.807) is 11.9 Å². The van der Waals surface area contributed by atoms with E-state index in [2.05, 4.69) is 26.1 Å². The summed E-state index contributed by atoms with van der Waals surface area (Å²) >= 11 is 0. The second kappa shape index (κ2) is 5.87. The Morgan fingerprint density at radius 1 is 1.39 bits per heavy atom. The molecule has 100 valence electrons. The van der Waals surface area contributed by atoms with Crippen LogP contribution in [0.15, 0.2) is 24.3 Å². The van der Waals surface area contributed by atoms with Gasteiger partial charge in [-0.25, -0.2) is 4.79 Å². The highest BCUT2D eigenvalue weighted by Gasteiger charge is 2.17. The van der Waals surface area contributed by atoms with Gasteiger partial charge in [-0.3, -0.25) is 0 Å². The predicted octanol–water partition coefficient (Wildman–Crippen LogP) is 2.66. The SMILES string of the molecule is CN(CC(C)(C)C)C(=O)Nc1cccc(CN)c1. The lowest BCUT2D eigenvalue weighted by Crippen LogP contribution is -2.37. The Kier molecular flexibility index (Phi) is 4.73. The summed E-state index contributed by atoms with van der Waals surface area (Å²) in [4.78, 5) is 13.7. The molecule has 0 spiro atoms. The van der Waals surface area contributed by atoms with E-state index in [1.807, 2.05) is 24.3 Å². The van der Waals surface area contributed by atoms with E-state index >= 15 is 0 Å². The molecule has 0 fully saturated rings. The van der Waals surface area contributed by atoms with Gasteiger partial charge in [0, 0.05) is 25.8 Å². The zero-order valence-electron chi connectivity index (χ0n) is 11.7. The molecule has 3 N–H and O–H groups in total. The summed E-state index contributed by atoms with van der Waals surface area (Å²) in [6.07, 6.45) is 0. The molecule has 1 aromatic carbocycles. The number of rotatable bonds is 3. The van der Waals surface area contributed by atoms with Crippen LogP contribution in [-0.2, 0) is 6.54 Å². The molecule has 0 radical (unpaired) electrons. The number of nitrogens with one attached hydrogen (secondary N) is 1. The number of amides is 2. The number of nitrogens with zero attached hydrogens (tertiary/aromatic N) is 1. The highest BCUT2D eigenvalue weighted by atomic mass is 16.2. The molecule has 0 heterocycles. The highest BCUT2D eigenvalue weighted by Crippen LogP contribution is 2.15. The van der Waals surface area contributed by atoms with Crippen LogP contribution in [0.2, 0.25) is 0 Å². The standard InChI is InChI=1S/C14H23N3O/c1-14(2,3)10-17(4)13(18)16-12-7-5-6-11(8-12)9-15/h5-8H,9-10,15H2,1-4H3,(H,16,18). The van der Waals surface area contributed by atoms with Crippen LogP contribution >= 0.6 is 0 Å². The van der Waals surface area contributed by atoms with Gasteiger partial charge >= 0.3 is 6.03 Å². The third-order valence-electron chi connectivity index (χ3n) is 2.47. The topological polar surface area (TPSA) is 58.4 Å². The molecule has 1 aromatic rings. The van der Waals surface area contributed by atoms with Gasteiger partial charge in [-0.1, -0.05) is 32.9 Å². The molecule has 2 amide bonds. The van der Waals surface area contributed by atoms with Gasteiger partial charge in [0.15, 0.2) is 0 Å². The fourth-order valence-corrected chi connectivity index (χ4v) is 1.78. The molecule has 0 saturated carbocycles. The van der Waals surface area contributed by atoms with Crippen molar-refractivity contribution in [1.82, 2.24) is 4.90 Å². The smallest absolute Gasteiger partial charge is 0.321 e. The van der Waals surface area contributed by atoms with E-state index in [4.69, 9.17) is 5.73 Å². The van der Waals surface area contributed by atoms with Gasteiger partial charge in [-0.2, -0.15) is 0 Å². The molecule has 18 heavy (non-hydrogen) atoms. The minimum Gasteiger partial charge on any atom is -0.327 e. The molecular formula is C14H23N3O. The number of hydrogen-bond acceptors (Lipinski definition) is 2. The van der Waals surface area contributed by atoms with E-state index in [0.717, 1.165) is 11.3 Å². The van der Waals surface area contributed by atoms with Crippen molar-refractivity contribution in [3.8, 4) is 0 Å². The van der Waals surface area contributed by atoms with Crippen molar-refractivity contribution < 1.29 is 4.79 Å². The Morgan fingerprint density at radius 3 is 2.61 bits per heavy atom. The van der Waals surface area contributed by atoms with Gasteiger partial charge in [-0.05, 0) is 23.1 Å². The van der Waals surface area contributed by atoms with E-state index in [9.17, 15) is 4.79 Å². The van der Waals surface area contributed by atoms with E-state index in [-0.39, 0.29) is 11.4 Å². The normalized spacial score (nSPS) is 11.2. The van der Waals surface area contributed by atoms with Crippen molar-refractivity contribution in [3.63, 3.8) is 0 Å². The highest BCUT2D eigenvalue weighted by molar-refractivity contribution is 5.89. The van der Waals surface area contributed by atoms with Gasteiger partial charge in [-0.15, -0.1) is 0 Å². The molecule has 0 unspecified atom stereocenters. The molecule has 0 bridgehead atoms. The lowest BCUT2D eigenvalue weighted by molar-refractivity contribution is 0.201. The first-order valence-corrected chi connectivity index (χ1v) is 6.13. The Bertz CT molecular complexity index is 410. The maximum atomic E-state index is 12.0. The largest absolute Gasteiger partial charge is 0.327 e. The summed E-state index contributed by atoms with van der Waals surface area (Å²) in [5.41, 5.74) is 7.44. The van der Waals surface area contributed by atoms with Crippen molar-refractivity contribution in [2.24, 2.45) is 11.1 Å². The predicted molar refractivity (Wildman–Crippen MR) is 75.4 cm³/mol. The molecular weight excluding hydrogens is 226 g/mol. The second-order valence-corrected chi connectivity index (χ2v) is 5.75. The summed E-state index contributed by atoms with van der Waals surface area (Å²) in [6, 6.07) is 7.49. The summed E-state index contributed by atoms with van der Waals surface area (Å²) < 4.78 is 0. The molecule has 4 nitrogen and oxygen atoms in total. The minimum absolute atomic E-state index is 0.0885. The maximum absolute atomic E-state index is 12.0. The van der Waals surface area contributed by atoms with E-state index in [1.165, 1.54) is 0 Å². The molecule has 0 atom stereocenters. The monoisotopic (exact) mass is 249 g/mol. The number of benzene rings is 1. The average Bonchev–Trinajstić information content (AvgIpc) is 2.27. The fraction of sp³-hybridized carbons (Fsp3) is 0.500. The van der Waals surface area contributed by atoms with Crippen molar-refractivity contribution in [3.05, 3.63) is 29.8 Å². The fourth-order valence-electron chi connectivity index (χ4n) is 1.78. The van der Waals surface area contributed by atoms with Crippen LogP contribution in [0.25, 0.3) is 0 Å². The number of hydrogen-bond donors (Lipinski definition) is 2. The van der Waals surface area contributed by atoms with Gasteiger partial charge < -0.3 is 16.0 Å². The van der Waals surface area contributed by atoms with Crippen molar-refractivity contribution in [2.75, 3.05) is 18.9 Å². The van der Waals surface area contributed by atoms with Crippen LogP contribution in [-0.4, -0.2) is 24.5 Å². The number of carbonyl (C=O) groups is 1. The molecule has 0 saturated heterocycles. The van der Waals surface area contributed by atoms with Crippen LogP contribution in [0, 0.1) is 5.41 Å². The number of anilines is 1. The quantitative estimate of drug-likeness (QED) is 0.865. The second-order valence-electron chi connectivity index (χ2n) is 5.75.